The molecule has 1 N–H and O–H groups in total. The van der Waals surface area contributed by atoms with Gasteiger partial charge in [-0.2, -0.15) is 0 Å². The maximum Gasteiger partial charge on any atom is 0.254 e. The SMILES string of the molecule is C=CCNC(=O)c1cnc(-c2ccccc2)nc1C. The molecule has 2 aromatic rings. The Morgan fingerprint density at radius 1 is 1.37 bits per heavy atom. The van der Waals surface area contributed by atoms with Gasteiger partial charge >= 0.3 is 0 Å². The average Bonchev–Trinajstić information content (AvgIpc) is 2.45. The van der Waals surface area contributed by atoms with Crippen molar-refractivity contribution < 1.29 is 4.79 Å². The van der Waals surface area contributed by atoms with Gasteiger partial charge < -0.3 is 5.32 Å². The molecule has 0 unspecified atom stereocenters. The van der Waals surface area contributed by atoms with Crippen LogP contribution in [0.5, 0.6) is 0 Å². The molecule has 0 atom stereocenters. The van der Waals surface area contributed by atoms with E-state index in [0.717, 1.165) is 5.56 Å². The average molecular weight is 253 g/mol. The molecule has 2 rings (SSSR count). The minimum atomic E-state index is -0.183. The van der Waals surface area contributed by atoms with Crippen molar-refractivity contribution in [3.05, 3.63) is 60.4 Å². The summed E-state index contributed by atoms with van der Waals surface area (Å²) in [6, 6.07) is 9.67. The lowest BCUT2D eigenvalue weighted by atomic mass is 10.2. The quantitative estimate of drug-likeness (QED) is 0.851. The van der Waals surface area contributed by atoms with Gasteiger partial charge in [-0.05, 0) is 6.92 Å². The van der Waals surface area contributed by atoms with E-state index in [4.69, 9.17) is 0 Å². The minimum Gasteiger partial charge on any atom is -0.348 e. The molecule has 1 heterocycles. The summed E-state index contributed by atoms with van der Waals surface area (Å²) in [6.07, 6.45) is 3.19. The van der Waals surface area contributed by atoms with E-state index in [9.17, 15) is 4.79 Å². The number of amides is 1. The lowest BCUT2D eigenvalue weighted by molar-refractivity contribution is 0.0956. The second-order valence-electron chi connectivity index (χ2n) is 4.06. The number of nitrogens with zero attached hydrogens (tertiary/aromatic N) is 2. The number of aryl methyl sites for hydroxylation is 1. The Balaban J connectivity index is 2.27. The van der Waals surface area contributed by atoms with Gasteiger partial charge in [0.25, 0.3) is 5.91 Å². The second-order valence-corrected chi connectivity index (χ2v) is 4.06. The van der Waals surface area contributed by atoms with Crippen molar-refractivity contribution in [2.45, 2.75) is 6.92 Å². The van der Waals surface area contributed by atoms with E-state index in [1.54, 1.807) is 19.2 Å². The van der Waals surface area contributed by atoms with Gasteiger partial charge in [-0.15, -0.1) is 6.58 Å². The number of aromatic nitrogens is 2. The third kappa shape index (κ3) is 3.04. The summed E-state index contributed by atoms with van der Waals surface area (Å²) >= 11 is 0. The summed E-state index contributed by atoms with van der Waals surface area (Å²) < 4.78 is 0. The second kappa shape index (κ2) is 5.91. The van der Waals surface area contributed by atoms with E-state index >= 15 is 0 Å². The van der Waals surface area contributed by atoms with Crippen molar-refractivity contribution in [1.29, 1.82) is 0 Å². The van der Waals surface area contributed by atoms with Gasteiger partial charge in [-0.1, -0.05) is 36.4 Å². The lowest BCUT2D eigenvalue weighted by Gasteiger charge is -2.07. The Kier molecular flexibility index (Phi) is 4.03. The Morgan fingerprint density at radius 3 is 2.74 bits per heavy atom. The zero-order chi connectivity index (χ0) is 13.7. The number of benzene rings is 1. The highest BCUT2D eigenvalue weighted by atomic mass is 16.1. The van der Waals surface area contributed by atoms with E-state index in [1.807, 2.05) is 30.3 Å². The predicted octanol–water partition coefficient (Wildman–Crippen LogP) is 2.37. The molecule has 0 spiro atoms. The first-order chi connectivity index (χ1) is 9.22. The van der Waals surface area contributed by atoms with Crippen LogP contribution >= 0.6 is 0 Å². The fourth-order valence-corrected chi connectivity index (χ4v) is 1.68. The van der Waals surface area contributed by atoms with Gasteiger partial charge in [0.2, 0.25) is 0 Å². The molecule has 0 aliphatic carbocycles. The van der Waals surface area contributed by atoms with E-state index in [1.165, 1.54) is 0 Å². The molecular formula is C15H15N3O. The van der Waals surface area contributed by atoms with Crippen LogP contribution in [0.1, 0.15) is 16.1 Å². The highest BCUT2D eigenvalue weighted by molar-refractivity contribution is 5.95. The summed E-state index contributed by atoms with van der Waals surface area (Å²) in [4.78, 5) is 20.4. The molecular weight excluding hydrogens is 238 g/mol. The van der Waals surface area contributed by atoms with Crippen LogP contribution in [0.3, 0.4) is 0 Å². The van der Waals surface area contributed by atoms with Gasteiger partial charge in [0.1, 0.15) is 0 Å². The fraction of sp³-hybridized carbons (Fsp3) is 0.133. The number of rotatable bonds is 4. The minimum absolute atomic E-state index is 0.183. The summed E-state index contributed by atoms with van der Waals surface area (Å²) in [6.45, 7) is 5.79. The van der Waals surface area contributed by atoms with Gasteiger partial charge in [0.15, 0.2) is 5.82 Å². The molecule has 0 bridgehead atoms. The number of nitrogens with one attached hydrogen (secondary N) is 1. The van der Waals surface area contributed by atoms with Gasteiger partial charge in [0.05, 0.1) is 11.3 Å². The van der Waals surface area contributed by atoms with Crippen molar-refractivity contribution >= 4 is 5.91 Å². The summed E-state index contributed by atoms with van der Waals surface area (Å²) in [5.41, 5.74) is 2.08. The maximum absolute atomic E-state index is 11.8. The zero-order valence-corrected chi connectivity index (χ0v) is 10.8. The van der Waals surface area contributed by atoms with Gasteiger partial charge in [-0.25, -0.2) is 9.97 Å². The topological polar surface area (TPSA) is 54.9 Å². The fourth-order valence-electron chi connectivity index (χ4n) is 1.68. The first-order valence-corrected chi connectivity index (χ1v) is 6.00. The van der Waals surface area contributed by atoms with Crippen molar-refractivity contribution in [1.82, 2.24) is 15.3 Å². The van der Waals surface area contributed by atoms with Crippen LogP contribution in [0.2, 0.25) is 0 Å². The molecule has 0 aliphatic heterocycles. The maximum atomic E-state index is 11.8. The first-order valence-electron chi connectivity index (χ1n) is 6.00. The molecule has 96 valence electrons. The third-order valence-electron chi connectivity index (χ3n) is 2.66. The van der Waals surface area contributed by atoms with Gasteiger partial charge in [0, 0.05) is 18.3 Å². The number of hydrogen-bond donors (Lipinski definition) is 1. The molecule has 0 fully saturated rings. The van der Waals surface area contributed by atoms with Gasteiger partial charge in [-0.3, -0.25) is 4.79 Å². The van der Waals surface area contributed by atoms with E-state index in [-0.39, 0.29) is 5.91 Å². The third-order valence-corrected chi connectivity index (χ3v) is 2.66. The molecule has 1 aromatic heterocycles. The van der Waals surface area contributed by atoms with E-state index in [0.29, 0.717) is 23.6 Å². The number of hydrogen-bond acceptors (Lipinski definition) is 3. The van der Waals surface area contributed by atoms with Crippen LogP contribution in [0, 0.1) is 6.92 Å². The monoisotopic (exact) mass is 253 g/mol. The van der Waals surface area contributed by atoms with Crippen LogP contribution in [0.15, 0.2) is 49.2 Å². The van der Waals surface area contributed by atoms with Crippen LogP contribution in [-0.4, -0.2) is 22.4 Å². The summed E-state index contributed by atoms with van der Waals surface area (Å²) in [7, 11) is 0. The predicted molar refractivity (Wildman–Crippen MR) is 74.7 cm³/mol. The van der Waals surface area contributed by atoms with Crippen molar-refractivity contribution in [2.75, 3.05) is 6.54 Å². The smallest absolute Gasteiger partial charge is 0.254 e. The molecule has 4 nitrogen and oxygen atoms in total. The van der Waals surface area contributed by atoms with Crippen molar-refractivity contribution in [2.24, 2.45) is 0 Å². The largest absolute Gasteiger partial charge is 0.348 e. The normalized spacial score (nSPS) is 9.95. The summed E-state index contributed by atoms with van der Waals surface area (Å²) in [5, 5.41) is 2.71. The molecule has 4 heteroatoms. The van der Waals surface area contributed by atoms with Crippen molar-refractivity contribution in [3.8, 4) is 11.4 Å². The molecule has 19 heavy (non-hydrogen) atoms. The van der Waals surface area contributed by atoms with Crippen LogP contribution in [0.4, 0.5) is 0 Å². The Bertz CT molecular complexity index is 594. The van der Waals surface area contributed by atoms with Crippen LogP contribution in [-0.2, 0) is 0 Å². The van der Waals surface area contributed by atoms with E-state index in [2.05, 4.69) is 21.9 Å². The zero-order valence-electron chi connectivity index (χ0n) is 10.8. The first kappa shape index (κ1) is 13.0. The molecule has 1 amide bonds. The number of carbonyl (C=O) groups excluding carboxylic acids is 1. The van der Waals surface area contributed by atoms with E-state index < -0.39 is 0 Å². The Labute approximate surface area is 112 Å². The Hall–Kier alpha value is -2.49. The molecule has 1 aromatic carbocycles. The highest BCUT2D eigenvalue weighted by Gasteiger charge is 2.11. The lowest BCUT2D eigenvalue weighted by Crippen LogP contribution is -2.24. The van der Waals surface area contributed by atoms with Crippen LogP contribution in [0.25, 0.3) is 11.4 Å². The highest BCUT2D eigenvalue weighted by Crippen LogP contribution is 2.15. The molecule has 0 saturated carbocycles. The summed E-state index contributed by atoms with van der Waals surface area (Å²) in [5.74, 6) is 0.440. The molecule has 0 radical (unpaired) electrons. The van der Waals surface area contributed by atoms with Crippen molar-refractivity contribution in [3.63, 3.8) is 0 Å². The number of carbonyl (C=O) groups is 1. The Morgan fingerprint density at radius 2 is 2.11 bits per heavy atom. The molecule has 0 aliphatic rings. The van der Waals surface area contributed by atoms with Crippen LogP contribution < -0.4 is 5.32 Å². The standard InChI is InChI=1S/C15H15N3O/c1-3-9-16-15(19)13-10-17-14(18-11(13)2)12-7-5-4-6-8-12/h3-8,10H,1,9H2,2H3,(H,16,19). The molecule has 0 saturated heterocycles.